The third-order valence-corrected chi connectivity index (χ3v) is 4.58. The number of nitrogens with zero attached hydrogens (tertiary/aromatic N) is 1. The number of carboxylic acid groups (broad SMARTS) is 1. The molecule has 0 aromatic heterocycles. The molecule has 0 amide bonds. The van der Waals surface area contributed by atoms with Crippen molar-refractivity contribution in [3.63, 3.8) is 0 Å². The van der Waals surface area contributed by atoms with Gasteiger partial charge in [0.15, 0.2) is 0 Å². The molecule has 1 aromatic carbocycles. The number of carbonyl (C=O) groups is 1. The van der Waals surface area contributed by atoms with E-state index in [1.165, 1.54) is 29.6 Å². The first-order valence-electron chi connectivity index (χ1n) is 6.04. The Hall–Kier alpha value is -1.12. The minimum absolute atomic E-state index is 0.00767. The summed E-state index contributed by atoms with van der Waals surface area (Å²) in [4.78, 5) is 10.9. The predicted octanol–water partition coefficient (Wildman–Crippen LogP) is 2.54. The van der Waals surface area contributed by atoms with Crippen LogP contribution in [0, 0.1) is 0 Å². The van der Waals surface area contributed by atoms with Gasteiger partial charge >= 0.3 is 16.2 Å². The molecule has 112 valence electrons. The van der Waals surface area contributed by atoms with Crippen LogP contribution in [0.15, 0.2) is 22.7 Å². The van der Waals surface area contributed by atoms with Crippen LogP contribution in [0.4, 0.5) is 5.69 Å². The van der Waals surface area contributed by atoms with Crippen molar-refractivity contribution in [3.05, 3.63) is 28.2 Å². The van der Waals surface area contributed by atoms with E-state index < -0.39 is 16.2 Å². The molecule has 8 heteroatoms. The van der Waals surface area contributed by atoms with Crippen LogP contribution >= 0.6 is 15.9 Å². The highest BCUT2D eigenvalue weighted by Gasteiger charge is 2.18. The number of hydrogen-bond donors (Lipinski definition) is 2. The van der Waals surface area contributed by atoms with Crippen molar-refractivity contribution in [1.82, 2.24) is 4.31 Å². The maximum absolute atomic E-state index is 12.1. The van der Waals surface area contributed by atoms with Crippen LogP contribution in [0.1, 0.15) is 30.1 Å². The summed E-state index contributed by atoms with van der Waals surface area (Å²) >= 11 is 3.16. The zero-order valence-corrected chi connectivity index (χ0v) is 13.7. The van der Waals surface area contributed by atoms with Gasteiger partial charge < -0.3 is 5.11 Å². The summed E-state index contributed by atoms with van der Waals surface area (Å²) in [5.41, 5.74) is 0.216. The fourth-order valence-corrected chi connectivity index (χ4v) is 2.93. The monoisotopic (exact) mass is 364 g/mol. The molecule has 0 saturated heterocycles. The van der Waals surface area contributed by atoms with Crippen LogP contribution in [0.25, 0.3) is 0 Å². The second-order valence-electron chi connectivity index (χ2n) is 4.32. The van der Waals surface area contributed by atoms with Gasteiger partial charge in [-0.1, -0.05) is 29.3 Å². The number of rotatable bonds is 7. The van der Waals surface area contributed by atoms with Gasteiger partial charge in [-0.15, -0.1) is 0 Å². The van der Waals surface area contributed by atoms with Gasteiger partial charge in [-0.25, -0.2) is 4.79 Å². The highest BCUT2D eigenvalue weighted by molar-refractivity contribution is 9.10. The van der Waals surface area contributed by atoms with Crippen LogP contribution in [0.5, 0.6) is 0 Å². The predicted molar refractivity (Wildman–Crippen MR) is 81.2 cm³/mol. The maximum atomic E-state index is 12.1. The first-order valence-corrected chi connectivity index (χ1v) is 8.27. The minimum atomic E-state index is -3.68. The van der Waals surface area contributed by atoms with Gasteiger partial charge in [-0.3, -0.25) is 4.72 Å². The molecule has 6 nitrogen and oxygen atoms in total. The smallest absolute Gasteiger partial charge is 0.335 e. The third kappa shape index (κ3) is 4.77. The lowest BCUT2D eigenvalue weighted by molar-refractivity contribution is 0.0697. The molecule has 1 aromatic rings. The lowest BCUT2D eigenvalue weighted by atomic mass is 10.2. The molecule has 0 aliphatic heterocycles. The second-order valence-corrected chi connectivity index (χ2v) is 7.01. The van der Waals surface area contributed by atoms with Crippen molar-refractivity contribution < 1.29 is 18.3 Å². The van der Waals surface area contributed by atoms with E-state index in [-0.39, 0.29) is 11.3 Å². The number of hydrogen-bond acceptors (Lipinski definition) is 3. The quantitative estimate of drug-likeness (QED) is 0.778. The molecule has 0 saturated carbocycles. The van der Waals surface area contributed by atoms with Crippen LogP contribution in [-0.4, -0.2) is 37.4 Å². The van der Waals surface area contributed by atoms with E-state index in [1.54, 1.807) is 0 Å². The fourth-order valence-electron chi connectivity index (χ4n) is 1.50. The number of halogens is 1. The van der Waals surface area contributed by atoms with Crippen molar-refractivity contribution in [2.45, 2.75) is 19.8 Å². The molecule has 0 bridgehead atoms. The van der Waals surface area contributed by atoms with Crippen molar-refractivity contribution in [3.8, 4) is 0 Å². The molecule has 0 aliphatic carbocycles. The van der Waals surface area contributed by atoms with E-state index in [0.29, 0.717) is 11.0 Å². The number of unbranched alkanes of at least 4 members (excludes halogenated alkanes) is 1. The number of anilines is 1. The highest BCUT2D eigenvalue weighted by atomic mass is 79.9. The first kappa shape index (κ1) is 16.9. The standard InChI is InChI=1S/C12H17BrN2O4S/c1-3-4-5-15(2)20(18,19)14-11-7-9(12(16)17)6-10(13)8-11/h6-8,14H,3-5H2,1-2H3,(H,16,17). The Balaban J connectivity index is 2.94. The number of nitrogens with one attached hydrogen (secondary N) is 1. The number of benzene rings is 1. The summed E-state index contributed by atoms with van der Waals surface area (Å²) in [7, 11) is -2.19. The van der Waals surface area contributed by atoms with E-state index in [1.807, 2.05) is 6.92 Å². The highest BCUT2D eigenvalue weighted by Crippen LogP contribution is 2.21. The van der Waals surface area contributed by atoms with Gasteiger partial charge in [-0.05, 0) is 24.6 Å². The Morgan fingerprint density at radius 3 is 2.60 bits per heavy atom. The van der Waals surface area contributed by atoms with E-state index in [9.17, 15) is 13.2 Å². The molecule has 0 heterocycles. The summed E-state index contributed by atoms with van der Waals surface area (Å²) in [6.07, 6.45) is 1.65. The normalized spacial score (nSPS) is 11.6. The molecule has 0 unspecified atom stereocenters. The molecule has 0 atom stereocenters. The maximum Gasteiger partial charge on any atom is 0.335 e. The Bertz CT molecular complexity index is 589. The molecule has 0 spiro atoms. The Morgan fingerprint density at radius 1 is 1.40 bits per heavy atom. The zero-order valence-electron chi connectivity index (χ0n) is 11.3. The summed E-state index contributed by atoms with van der Waals surface area (Å²) in [5.74, 6) is -1.12. The zero-order chi connectivity index (χ0) is 15.3. The van der Waals surface area contributed by atoms with Gasteiger partial charge in [-0.2, -0.15) is 12.7 Å². The van der Waals surface area contributed by atoms with E-state index >= 15 is 0 Å². The fraction of sp³-hybridized carbons (Fsp3) is 0.417. The molecule has 2 N–H and O–H groups in total. The van der Waals surface area contributed by atoms with Crippen molar-refractivity contribution in [1.29, 1.82) is 0 Å². The topological polar surface area (TPSA) is 86.7 Å². The molecular formula is C12H17BrN2O4S. The minimum Gasteiger partial charge on any atom is -0.478 e. The summed E-state index contributed by atoms with van der Waals surface area (Å²) in [6, 6.07) is 4.19. The molecule has 1 rings (SSSR count). The average molecular weight is 365 g/mol. The second kappa shape index (κ2) is 7.05. The molecule has 20 heavy (non-hydrogen) atoms. The molecular weight excluding hydrogens is 348 g/mol. The lowest BCUT2D eigenvalue weighted by Crippen LogP contribution is -2.33. The van der Waals surface area contributed by atoms with Crippen molar-refractivity contribution in [2.75, 3.05) is 18.3 Å². The lowest BCUT2D eigenvalue weighted by Gasteiger charge is -2.18. The van der Waals surface area contributed by atoms with E-state index in [0.717, 1.165) is 12.8 Å². The first-order chi connectivity index (χ1) is 9.26. The van der Waals surface area contributed by atoms with Crippen LogP contribution in [0.2, 0.25) is 0 Å². The van der Waals surface area contributed by atoms with E-state index in [4.69, 9.17) is 5.11 Å². The Morgan fingerprint density at radius 2 is 2.05 bits per heavy atom. The summed E-state index contributed by atoms with van der Waals surface area (Å²) in [5, 5.41) is 8.95. The van der Waals surface area contributed by atoms with Crippen molar-refractivity contribution in [2.24, 2.45) is 0 Å². The van der Waals surface area contributed by atoms with Gasteiger partial charge in [0.1, 0.15) is 0 Å². The SMILES string of the molecule is CCCCN(C)S(=O)(=O)Nc1cc(Br)cc(C(=O)O)c1. The van der Waals surface area contributed by atoms with Gasteiger partial charge in [0.25, 0.3) is 0 Å². The van der Waals surface area contributed by atoms with Gasteiger partial charge in [0, 0.05) is 18.1 Å². The molecule has 0 aliphatic rings. The van der Waals surface area contributed by atoms with Gasteiger partial charge in [0.2, 0.25) is 0 Å². The number of carboxylic acids is 1. The van der Waals surface area contributed by atoms with Crippen LogP contribution < -0.4 is 4.72 Å². The Labute approximate surface area is 127 Å². The molecule has 0 fully saturated rings. The van der Waals surface area contributed by atoms with Gasteiger partial charge in [0.05, 0.1) is 11.3 Å². The van der Waals surface area contributed by atoms with Crippen LogP contribution in [-0.2, 0) is 10.2 Å². The summed E-state index contributed by atoms with van der Waals surface area (Å²) in [6.45, 7) is 2.38. The van der Waals surface area contributed by atoms with Crippen LogP contribution in [0.3, 0.4) is 0 Å². The number of aromatic carboxylic acids is 1. The average Bonchev–Trinajstić information content (AvgIpc) is 2.34. The third-order valence-electron chi connectivity index (χ3n) is 2.63. The Kier molecular flexibility index (Phi) is 5.97. The van der Waals surface area contributed by atoms with Crippen molar-refractivity contribution >= 4 is 37.8 Å². The molecule has 0 radical (unpaired) electrons. The summed E-state index contributed by atoms with van der Waals surface area (Å²) < 4.78 is 28.2. The largest absolute Gasteiger partial charge is 0.478 e. The van der Waals surface area contributed by atoms with E-state index in [2.05, 4.69) is 20.7 Å².